The van der Waals surface area contributed by atoms with Gasteiger partial charge >= 0.3 is 0 Å². The Morgan fingerprint density at radius 1 is 0.878 bits per heavy atom. The number of carbonyl (C=O) groups is 2. The average molecular weight is 574 g/mol. The molecular formula is C32H35N3O5S. The highest BCUT2D eigenvalue weighted by atomic mass is 32.2. The van der Waals surface area contributed by atoms with E-state index in [2.05, 4.69) is 5.32 Å². The average Bonchev–Trinajstić information content (AvgIpc) is 2.97. The van der Waals surface area contributed by atoms with Crippen LogP contribution in [-0.2, 0) is 32.6 Å². The fraction of sp³-hybridized carbons (Fsp3) is 0.250. The second-order valence-electron chi connectivity index (χ2n) is 9.74. The third-order valence-electron chi connectivity index (χ3n) is 6.82. The quantitative estimate of drug-likeness (QED) is 0.271. The smallest absolute Gasteiger partial charge is 0.244 e. The molecule has 0 aliphatic carbocycles. The Morgan fingerprint density at radius 3 is 2.24 bits per heavy atom. The van der Waals surface area contributed by atoms with Gasteiger partial charge in [0.05, 0.1) is 19.1 Å². The van der Waals surface area contributed by atoms with Crippen molar-refractivity contribution in [2.45, 2.75) is 25.9 Å². The fourth-order valence-corrected chi connectivity index (χ4v) is 5.70. The van der Waals surface area contributed by atoms with Crippen LogP contribution in [0.25, 0.3) is 10.8 Å². The molecule has 0 fully saturated rings. The minimum atomic E-state index is -3.87. The molecule has 0 aliphatic rings. The second kappa shape index (κ2) is 13.3. The van der Waals surface area contributed by atoms with Gasteiger partial charge in [0.1, 0.15) is 18.3 Å². The summed E-state index contributed by atoms with van der Waals surface area (Å²) >= 11 is 0. The third kappa shape index (κ3) is 7.43. The van der Waals surface area contributed by atoms with Crippen LogP contribution in [0, 0.1) is 0 Å². The van der Waals surface area contributed by atoms with Crippen molar-refractivity contribution >= 4 is 38.3 Å². The van der Waals surface area contributed by atoms with Crippen LogP contribution < -0.4 is 14.4 Å². The first kappa shape index (κ1) is 29.6. The molecular weight excluding hydrogens is 538 g/mol. The van der Waals surface area contributed by atoms with E-state index in [4.69, 9.17) is 4.74 Å². The largest absolute Gasteiger partial charge is 0.497 e. The molecule has 9 heteroatoms. The molecule has 0 aliphatic heterocycles. The summed E-state index contributed by atoms with van der Waals surface area (Å²) in [6.45, 7) is 1.81. The molecule has 0 heterocycles. The van der Waals surface area contributed by atoms with E-state index in [1.165, 1.54) is 4.90 Å². The maximum atomic E-state index is 14.2. The predicted octanol–water partition coefficient (Wildman–Crippen LogP) is 4.39. The number of methoxy groups -OCH3 is 1. The molecule has 0 unspecified atom stereocenters. The lowest BCUT2D eigenvalue weighted by atomic mass is 10.0. The Morgan fingerprint density at radius 2 is 1.54 bits per heavy atom. The Bertz CT molecular complexity index is 1600. The number of fused-ring (bicyclic) bond motifs is 1. The number of nitrogens with one attached hydrogen (secondary N) is 1. The summed E-state index contributed by atoms with van der Waals surface area (Å²) < 4.78 is 32.8. The van der Waals surface area contributed by atoms with Crippen LogP contribution in [-0.4, -0.2) is 57.6 Å². The van der Waals surface area contributed by atoms with Crippen molar-refractivity contribution in [2.24, 2.45) is 0 Å². The number of nitrogens with zero attached hydrogens (tertiary/aromatic N) is 2. The normalized spacial score (nSPS) is 12.0. The van der Waals surface area contributed by atoms with Crippen LogP contribution in [0.15, 0.2) is 97.1 Å². The van der Waals surface area contributed by atoms with E-state index in [1.54, 1.807) is 31.4 Å². The predicted molar refractivity (Wildman–Crippen MR) is 162 cm³/mol. The zero-order chi connectivity index (χ0) is 29.4. The molecule has 1 N–H and O–H groups in total. The first-order valence-electron chi connectivity index (χ1n) is 13.4. The van der Waals surface area contributed by atoms with E-state index < -0.39 is 28.5 Å². The number of hydrogen-bond acceptors (Lipinski definition) is 5. The van der Waals surface area contributed by atoms with Crippen LogP contribution in [0.2, 0.25) is 0 Å². The molecule has 4 rings (SSSR count). The SMILES string of the molecule is CCNC(=O)[C@H](Cc1ccccc1)N(Cc1cccc(OC)c1)C(=O)CN(c1cccc2ccccc12)S(C)(=O)=O. The van der Waals surface area contributed by atoms with Gasteiger partial charge in [-0.3, -0.25) is 13.9 Å². The number of amides is 2. The summed E-state index contributed by atoms with van der Waals surface area (Å²) in [5, 5.41) is 4.42. The number of hydrogen-bond donors (Lipinski definition) is 1. The number of carbonyl (C=O) groups excluding carboxylic acids is 2. The van der Waals surface area contributed by atoms with E-state index in [0.717, 1.165) is 27.1 Å². The van der Waals surface area contributed by atoms with Gasteiger partial charge in [0.2, 0.25) is 21.8 Å². The minimum Gasteiger partial charge on any atom is -0.497 e. The number of anilines is 1. The molecule has 41 heavy (non-hydrogen) atoms. The van der Waals surface area contributed by atoms with Gasteiger partial charge in [-0.15, -0.1) is 0 Å². The molecule has 2 amide bonds. The molecule has 0 saturated heterocycles. The topological polar surface area (TPSA) is 96.0 Å². The van der Waals surface area contributed by atoms with Crippen molar-refractivity contribution in [2.75, 3.05) is 30.8 Å². The monoisotopic (exact) mass is 573 g/mol. The van der Waals surface area contributed by atoms with Crippen molar-refractivity contribution < 1.29 is 22.7 Å². The summed E-state index contributed by atoms with van der Waals surface area (Å²) in [4.78, 5) is 29.2. The maximum Gasteiger partial charge on any atom is 0.244 e. The second-order valence-corrected chi connectivity index (χ2v) is 11.6. The van der Waals surface area contributed by atoms with Gasteiger partial charge in [-0.25, -0.2) is 8.42 Å². The van der Waals surface area contributed by atoms with Crippen molar-refractivity contribution in [3.05, 3.63) is 108 Å². The number of rotatable bonds is 12. The highest BCUT2D eigenvalue weighted by molar-refractivity contribution is 7.92. The van der Waals surface area contributed by atoms with Crippen molar-refractivity contribution in [1.82, 2.24) is 10.2 Å². The first-order chi connectivity index (χ1) is 19.7. The summed E-state index contributed by atoms with van der Waals surface area (Å²) in [7, 11) is -2.31. The molecule has 0 aromatic heterocycles. The molecule has 0 bridgehead atoms. The lowest BCUT2D eigenvalue weighted by Crippen LogP contribution is -2.53. The summed E-state index contributed by atoms with van der Waals surface area (Å²) in [5.74, 6) is -0.205. The number of ether oxygens (including phenoxy) is 1. The number of benzene rings is 4. The van der Waals surface area contributed by atoms with Crippen molar-refractivity contribution in [3.63, 3.8) is 0 Å². The first-order valence-corrected chi connectivity index (χ1v) is 15.3. The number of sulfonamides is 1. The van der Waals surface area contributed by atoms with Crippen LogP contribution in [0.3, 0.4) is 0 Å². The Balaban J connectivity index is 1.78. The Labute approximate surface area is 241 Å². The van der Waals surface area contributed by atoms with Gasteiger partial charge in [-0.1, -0.05) is 78.9 Å². The molecule has 214 valence electrons. The third-order valence-corrected chi connectivity index (χ3v) is 7.95. The van der Waals surface area contributed by atoms with E-state index in [-0.39, 0.29) is 18.9 Å². The van der Waals surface area contributed by atoms with E-state index in [1.807, 2.05) is 79.7 Å². The molecule has 4 aromatic rings. The zero-order valence-electron chi connectivity index (χ0n) is 23.5. The molecule has 8 nitrogen and oxygen atoms in total. The molecule has 0 saturated carbocycles. The minimum absolute atomic E-state index is 0.0812. The zero-order valence-corrected chi connectivity index (χ0v) is 24.3. The van der Waals surface area contributed by atoms with E-state index in [0.29, 0.717) is 23.4 Å². The highest BCUT2D eigenvalue weighted by Crippen LogP contribution is 2.29. The summed E-state index contributed by atoms with van der Waals surface area (Å²) in [6.07, 6.45) is 1.34. The van der Waals surface area contributed by atoms with Crippen LogP contribution >= 0.6 is 0 Å². The molecule has 0 radical (unpaired) electrons. The summed E-state index contributed by atoms with van der Waals surface area (Å²) in [5.41, 5.74) is 2.02. The standard InChI is InChI=1S/C32H35N3O5S/c1-4-33-32(37)30(21-24-12-6-5-7-13-24)34(22-25-14-10-17-27(20-25)40-2)31(36)23-35(41(3,38)39)29-19-11-16-26-15-8-9-18-28(26)29/h5-20,30H,4,21-23H2,1-3H3,(H,33,37)/t30-/m0/s1. The van der Waals surface area contributed by atoms with E-state index in [9.17, 15) is 18.0 Å². The highest BCUT2D eigenvalue weighted by Gasteiger charge is 2.33. The van der Waals surface area contributed by atoms with Crippen LogP contribution in [0.1, 0.15) is 18.1 Å². The maximum absolute atomic E-state index is 14.2. The van der Waals surface area contributed by atoms with Gasteiger partial charge in [-0.2, -0.15) is 0 Å². The van der Waals surface area contributed by atoms with Gasteiger partial charge < -0.3 is 15.0 Å². The van der Waals surface area contributed by atoms with Crippen LogP contribution in [0.5, 0.6) is 5.75 Å². The Hall–Kier alpha value is -4.37. The Kier molecular flexibility index (Phi) is 9.62. The molecule has 0 spiro atoms. The summed E-state index contributed by atoms with van der Waals surface area (Å²) in [6, 6.07) is 28.6. The fourth-order valence-electron chi connectivity index (χ4n) is 4.83. The van der Waals surface area contributed by atoms with Gasteiger partial charge in [0, 0.05) is 24.9 Å². The van der Waals surface area contributed by atoms with Crippen LogP contribution in [0.4, 0.5) is 5.69 Å². The van der Waals surface area contributed by atoms with Crippen molar-refractivity contribution in [3.8, 4) is 5.75 Å². The van der Waals surface area contributed by atoms with Gasteiger partial charge in [0.25, 0.3) is 0 Å². The van der Waals surface area contributed by atoms with Gasteiger partial charge in [0.15, 0.2) is 0 Å². The van der Waals surface area contributed by atoms with E-state index >= 15 is 0 Å². The van der Waals surface area contributed by atoms with Crippen molar-refractivity contribution in [1.29, 1.82) is 0 Å². The lowest BCUT2D eigenvalue weighted by molar-refractivity contribution is -0.140. The lowest BCUT2D eigenvalue weighted by Gasteiger charge is -2.33. The van der Waals surface area contributed by atoms with Gasteiger partial charge in [-0.05, 0) is 41.6 Å². The molecule has 1 atom stereocenters. The molecule has 4 aromatic carbocycles. The number of likely N-dealkylation sites (N-methyl/N-ethyl adjacent to an activating group) is 1.